The first-order valence-corrected chi connectivity index (χ1v) is 7.42. The predicted molar refractivity (Wildman–Crippen MR) is 85.8 cm³/mol. The van der Waals surface area contributed by atoms with Crippen molar-refractivity contribution in [3.8, 4) is 5.69 Å². The number of hydrogen-bond acceptors (Lipinski definition) is 3. The Labute approximate surface area is 128 Å². The predicted octanol–water partition coefficient (Wildman–Crippen LogP) is 3.35. The SMILES string of the molecule is CCC(N)Cc1cccc(Cl)c1-n1nnc2ccccc21. The van der Waals surface area contributed by atoms with Gasteiger partial charge in [-0.2, -0.15) is 0 Å². The van der Waals surface area contributed by atoms with Crippen LogP contribution >= 0.6 is 11.6 Å². The lowest BCUT2D eigenvalue weighted by Gasteiger charge is -2.15. The van der Waals surface area contributed by atoms with Gasteiger partial charge in [0.1, 0.15) is 5.52 Å². The van der Waals surface area contributed by atoms with E-state index in [-0.39, 0.29) is 6.04 Å². The van der Waals surface area contributed by atoms with Gasteiger partial charge in [0.15, 0.2) is 0 Å². The minimum atomic E-state index is 0.108. The number of benzene rings is 2. The van der Waals surface area contributed by atoms with Crippen LogP contribution in [0.3, 0.4) is 0 Å². The van der Waals surface area contributed by atoms with E-state index in [1.165, 1.54) is 0 Å². The first-order valence-electron chi connectivity index (χ1n) is 7.04. The number of rotatable bonds is 4. The Morgan fingerprint density at radius 1 is 1.19 bits per heavy atom. The maximum absolute atomic E-state index is 6.42. The summed E-state index contributed by atoms with van der Waals surface area (Å²) in [5, 5.41) is 9.12. The van der Waals surface area contributed by atoms with Gasteiger partial charge in [-0.05, 0) is 36.6 Å². The summed E-state index contributed by atoms with van der Waals surface area (Å²) in [5.41, 5.74) is 9.86. The molecule has 0 spiro atoms. The average Bonchev–Trinajstić information content (AvgIpc) is 2.91. The van der Waals surface area contributed by atoms with Gasteiger partial charge in [-0.1, -0.05) is 48.0 Å². The highest BCUT2D eigenvalue weighted by Gasteiger charge is 2.15. The van der Waals surface area contributed by atoms with Crippen molar-refractivity contribution in [3.63, 3.8) is 0 Å². The van der Waals surface area contributed by atoms with Crippen molar-refractivity contribution < 1.29 is 0 Å². The van der Waals surface area contributed by atoms with Gasteiger partial charge in [0.2, 0.25) is 0 Å². The highest BCUT2D eigenvalue weighted by atomic mass is 35.5. The molecule has 0 fully saturated rings. The Bertz CT molecular complexity index is 766. The normalized spacial score (nSPS) is 12.7. The van der Waals surface area contributed by atoms with E-state index in [9.17, 15) is 0 Å². The first kappa shape index (κ1) is 14.0. The first-order chi connectivity index (χ1) is 10.2. The zero-order valence-corrected chi connectivity index (χ0v) is 12.6. The van der Waals surface area contributed by atoms with Crippen LogP contribution in [0.5, 0.6) is 0 Å². The third-order valence-corrected chi connectivity index (χ3v) is 3.95. The van der Waals surface area contributed by atoms with Gasteiger partial charge >= 0.3 is 0 Å². The van der Waals surface area contributed by atoms with Gasteiger partial charge in [-0.3, -0.25) is 0 Å². The van der Waals surface area contributed by atoms with Crippen LogP contribution in [-0.2, 0) is 6.42 Å². The van der Waals surface area contributed by atoms with Crippen molar-refractivity contribution >= 4 is 22.6 Å². The maximum Gasteiger partial charge on any atom is 0.113 e. The van der Waals surface area contributed by atoms with Crippen LogP contribution in [0.2, 0.25) is 5.02 Å². The molecular formula is C16H17ClN4. The van der Waals surface area contributed by atoms with Gasteiger partial charge < -0.3 is 5.73 Å². The van der Waals surface area contributed by atoms with Crippen molar-refractivity contribution in [2.75, 3.05) is 0 Å². The molecule has 1 aromatic heterocycles. The van der Waals surface area contributed by atoms with Crippen LogP contribution in [0.25, 0.3) is 16.7 Å². The van der Waals surface area contributed by atoms with Crippen LogP contribution in [0.1, 0.15) is 18.9 Å². The molecule has 0 aliphatic rings. The quantitative estimate of drug-likeness (QED) is 0.804. The Balaban J connectivity index is 2.17. The summed E-state index contributed by atoms with van der Waals surface area (Å²) in [6.45, 7) is 2.08. The fourth-order valence-electron chi connectivity index (χ4n) is 2.42. The van der Waals surface area contributed by atoms with E-state index in [0.29, 0.717) is 5.02 Å². The van der Waals surface area contributed by atoms with Crippen LogP contribution in [0, 0.1) is 0 Å². The standard InChI is InChI=1S/C16H17ClN4/c1-2-12(18)10-11-6-5-7-13(17)16(11)21-15-9-4-3-8-14(15)19-20-21/h3-9,12H,2,10,18H2,1H3. The number of fused-ring (bicyclic) bond motifs is 1. The Morgan fingerprint density at radius 3 is 2.81 bits per heavy atom. The lowest BCUT2D eigenvalue weighted by atomic mass is 10.0. The molecule has 5 heteroatoms. The summed E-state index contributed by atoms with van der Waals surface area (Å²) in [6, 6.07) is 13.8. The summed E-state index contributed by atoms with van der Waals surface area (Å²) in [6.07, 6.45) is 1.69. The van der Waals surface area contributed by atoms with Gasteiger partial charge in [-0.25, -0.2) is 4.68 Å². The van der Waals surface area contributed by atoms with E-state index in [0.717, 1.165) is 35.1 Å². The molecule has 3 rings (SSSR count). The Kier molecular flexibility index (Phi) is 3.90. The fraction of sp³-hybridized carbons (Fsp3) is 0.250. The lowest BCUT2D eigenvalue weighted by Crippen LogP contribution is -2.22. The highest BCUT2D eigenvalue weighted by molar-refractivity contribution is 6.32. The molecule has 2 aromatic carbocycles. The number of nitrogens with two attached hydrogens (primary N) is 1. The molecule has 1 atom stereocenters. The Hall–Kier alpha value is -1.91. The van der Waals surface area contributed by atoms with E-state index in [4.69, 9.17) is 17.3 Å². The molecule has 0 amide bonds. The van der Waals surface area contributed by atoms with E-state index in [2.05, 4.69) is 17.2 Å². The molecule has 0 saturated carbocycles. The second kappa shape index (κ2) is 5.84. The van der Waals surface area contributed by atoms with E-state index < -0.39 is 0 Å². The summed E-state index contributed by atoms with van der Waals surface area (Å²) >= 11 is 6.42. The van der Waals surface area contributed by atoms with Crippen LogP contribution in [0.4, 0.5) is 0 Å². The summed E-state index contributed by atoms with van der Waals surface area (Å²) in [5.74, 6) is 0. The molecule has 0 saturated heterocycles. The van der Waals surface area contributed by atoms with Crippen molar-refractivity contribution in [3.05, 3.63) is 53.1 Å². The molecule has 4 nitrogen and oxygen atoms in total. The maximum atomic E-state index is 6.42. The zero-order valence-electron chi connectivity index (χ0n) is 11.8. The molecule has 108 valence electrons. The fourth-order valence-corrected chi connectivity index (χ4v) is 2.70. The summed E-state index contributed by atoms with van der Waals surface area (Å²) < 4.78 is 1.80. The molecular weight excluding hydrogens is 284 g/mol. The Morgan fingerprint density at radius 2 is 2.00 bits per heavy atom. The third-order valence-electron chi connectivity index (χ3n) is 3.64. The smallest absolute Gasteiger partial charge is 0.113 e. The van der Waals surface area contributed by atoms with E-state index in [1.807, 2.05) is 42.5 Å². The third kappa shape index (κ3) is 2.64. The van der Waals surface area contributed by atoms with E-state index >= 15 is 0 Å². The van der Waals surface area contributed by atoms with Gasteiger partial charge in [0.25, 0.3) is 0 Å². The van der Waals surface area contributed by atoms with Crippen molar-refractivity contribution in [2.24, 2.45) is 5.73 Å². The van der Waals surface area contributed by atoms with Crippen LogP contribution < -0.4 is 5.73 Å². The van der Waals surface area contributed by atoms with Gasteiger partial charge in [0.05, 0.1) is 16.2 Å². The van der Waals surface area contributed by atoms with Gasteiger partial charge in [0, 0.05) is 6.04 Å². The molecule has 21 heavy (non-hydrogen) atoms. The zero-order chi connectivity index (χ0) is 14.8. The molecule has 3 aromatic rings. The number of aromatic nitrogens is 3. The van der Waals surface area contributed by atoms with Crippen molar-refractivity contribution in [2.45, 2.75) is 25.8 Å². The van der Waals surface area contributed by atoms with Crippen molar-refractivity contribution in [1.29, 1.82) is 0 Å². The molecule has 0 aliphatic carbocycles. The van der Waals surface area contributed by atoms with Crippen LogP contribution in [-0.4, -0.2) is 21.0 Å². The highest BCUT2D eigenvalue weighted by Crippen LogP contribution is 2.27. The topological polar surface area (TPSA) is 56.7 Å². The molecule has 1 heterocycles. The number of hydrogen-bond donors (Lipinski definition) is 1. The molecule has 0 bridgehead atoms. The molecule has 2 N–H and O–H groups in total. The lowest BCUT2D eigenvalue weighted by molar-refractivity contribution is 0.642. The average molecular weight is 301 g/mol. The van der Waals surface area contributed by atoms with Crippen molar-refractivity contribution in [1.82, 2.24) is 15.0 Å². The summed E-state index contributed by atoms with van der Waals surface area (Å²) in [4.78, 5) is 0. The van der Waals surface area contributed by atoms with Crippen LogP contribution in [0.15, 0.2) is 42.5 Å². The second-order valence-electron chi connectivity index (χ2n) is 5.11. The number of halogens is 1. The molecule has 0 radical (unpaired) electrons. The minimum Gasteiger partial charge on any atom is -0.327 e. The monoisotopic (exact) mass is 300 g/mol. The summed E-state index contributed by atoms with van der Waals surface area (Å²) in [7, 11) is 0. The number of nitrogens with zero attached hydrogens (tertiary/aromatic N) is 3. The molecule has 1 unspecified atom stereocenters. The van der Waals surface area contributed by atoms with Gasteiger partial charge in [-0.15, -0.1) is 5.10 Å². The largest absolute Gasteiger partial charge is 0.327 e. The number of para-hydroxylation sites is 2. The minimum absolute atomic E-state index is 0.108. The molecule has 0 aliphatic heterocycles. The van der Waals surface area contributed by atoms with E-state index in [1.54, 1.807) is 4.68 Å². The second-order valence-corrected chi connectivity index (χ2v) is 5.52.